The Morgan fingerprint density at radius 2 is 2.08 bits per heavy atom. The van der Waals surface area contributed by atoms with Crippen LogP contribution in [0.3, 0.4) is 0 Å². The lowest BCUT2D eigenvalue weighted by atomic mass is 10.5. The minimum Gasteiger partial charge on any atom is -0.383 e. The summed E-state index contributed by atoms with van der Waals surface area (Å²) < 4.78 is 0.897. The molecule has 0 spiro atoms. The average Bonchev–Trinajstić information content (AvgIpc) is 2.13. The minimum atomic E-state index is 0.553. The van der Waals surface area contributed by atoms with E-state index < -0.39 is 0 Å². The van der Waals surface area contributed by atoms with Crippen molar-refractivity contribution >= 4 is 34.4 Å². The van der Waals surface area contributed by atoms with E-state index in [0.717, 1.165) is 16.7 Å². The zero-order valence-electron chi connectivity index (χ0n) is 7.79. The molecule has 1 rings (SSSR count). The van der Waals surface area contributed by atoms with Gasteiger partial charge in [0.25, 0.3) is 0 Å². The fourth-order valence-electron chi connectivity index (χ4n) is 1.03. The fourth-order valence-corrected chi connectivity index (χ4v) is 1.29. The van der Waals surface area contributed by atoms with Gasteiger partial charge in [-0.1, -0.05) is 0 Å². The van der Waals surface area contributed by atoms with Crippen molar-refractivity contribution < 1.29 is 0 Å². The van der Waals surface area contributed by atoms with Gasteiger partial charge in [-0.2, -0.15) is 4.98 Å². The van der Waals surface area contributed by atoms with Crippen molar-refractivity contribution in [1.82, 2.24) is 9.97 Å². The van der Waals surface area contributed by atoms with Gasteiger partial charge in [0.1, 0.15) is 5.82 Å². The van der Waals surface area contributed by atoms with Crippen molar-refractivity contribution in [2.45, 2.75) is 13.8 Å². The van der Waals surface area contributed by atoms with Crippen LogP contribution >= 0.6 is 22.6 Å². The van der Waals surface area contributed by atoms with Crippen LogP contribution in [0.4, 0.5) is 11.8 Å². The number of anilines is 2. The van der Waals surface area contributed by atoms with Crippen LogP contribution in [0.2, 0.25) is 0 Å². The van der Waals surface area contributed by atoms with Gasteiger partial charge in [-0.25, -0.2) is 4.98 Å². The Labute approximate surface area is 91.7 Å². The van der Waals surface area contributed by atoms with Crippen molar-refractivity contribution in [2.24, 2.45) is 0 Å². The highest BCUT2D eigenvalue weighted by Gasteiger charge is 2.06. The van der Waals surface area contributed by atoms with Crippen LogP contribution in [-0.4, -0.2) is 23.1 Å². The zero-order chi connectivity index (χ0) is 9.84. The molecule has 2 N–H and O–H groups in total. The summed E-state index contributed by atoms with van der Waals surface area (Å²) in [4.78, 5) is 10.5. The van der Waals surface area contributed by atoms with Crippen molar-refractivity contribution in [3.05, 3.63) is 9.77 Å². The van der Waals surface area contributed by atoms with Crippen LogP contribution in [-0.2, 0) is 0 Å². The fraction of sp³-hybridized carbons (Fsp3) is 0.500. The SMILES string of the molecule is CCN(CC)c1ncc(I)c(N)n1. The summed E-state index contributed by atoms with van der Waals surface area (Å²) in [6.07, 6.45) is 1.75. The summed E-state index contributed by atoms with van der Waals surface area (Å²) in [5.74, 6) is 1.26. The highest BCUT2D eigenvalue weighted by molar-refractivity contribution is 14.1. The molecule has 0 aliphatic rings. The molecule has 0 aliphatic heterocycles. The van der Waals surface area contributed by atoms with Gasteiger partial charge in [0, 0.05) is 19.3 Å². The van der Waals surface area contributed by atoms with Crippen LogP contribution in [0.5, 0.6) is 0 Å². The molecule has 1 aromatic rings. The maximum absolute atomic E-state index is 5.68. The van der Waals surface area contributed by atoms with Gasteiger partial charge in [-0.05, 0) is 36.4 Å². The Morgan fingerprint density at radius 1 is 1.46 bits per heavy atom. The van der Waals surface area contributed by atoms with E-state index in [1.807, 2.05) is 0 Å². The molecular weight excluding hydrogens is 279 g/mol. The van der Waals surface area contributed by atoms with E-state index in [2.05, 4.69) is 51.3 Å². The number of hydrogen-bond acceptors (Lipinski definition) is 4. The molecule has 0 atom stereocenters. The van der Waals surface area contributed by atoms with Gasteiger partial charge in [-0.15, -0.1) is 0 Å². The topological polar surface area (TPSA) is 55.0 Å². The smallest absolute Gasteiger partial charge is 0.227 e. The summed E-state index contributed by atoms with van der Waals surface area (Å²) in [6.45, 7) is 5.94. The first-order valence-corrected chi connectivity index (χ1v) is 5.29. The lowest BCUT2D eigenvalue weighted by Crippen LogP contribution is -2.24. The van der Waals surface area contributed by atoms with Crippen molar-refractivity contribution in [3.63, 3.8) is 0 Å². The summed E-state index contributed by atoms with van der Waals surface area (Å²) in [6, 6.07) is 0. The number of hydrogen-bond donors (Lipinski definition) is 1. The number of halogens is 1. The largest absolute Gasteiger partial charge is 0.383 e. The minimum absolute atomic E-state index is 0.553. The van der Waals surface area contributed by atoms with Gasteiger partial charge in [0.15, 0.2) is 0 Å². The van der Waals surface area contributed by atoms with Gasteiger partial charge < -0.3 is 10.6 Å². The summed E-state index contributed by atoms with van der Waals surface area (Å²) in [7, 11) is 0. The van der Waals surface area contributed by atoms with E-state index >= 15 is 0 Å². The molecule has 0 saturated carbocycles. The molecule has 72 valence electrons. The summed E-state index contributed by atoms with van der Waals surface area (Å²) >= 11 is 2.12. The molecule has 0 aromatic carbocycles. The maximum atomic E-state index is 5.68. The first-order chi connectivity index (χ1) is 6.19. The van der Waals surface area contributed by atoms with E-state index in [1.165, 1.54) is 0 Å². The maximum Gasteiger partial charge on any atom is 0.227 e. The molecule has 0 amide bonds. The molecular formula is C8H13IN4. The van der Waals surface area contributed by atoms with Crippen LogP contribution in [0, 0.1) is 3.57 Å². The number of rotatable bonds is 3. The van der Waals surface area contributed by atoms with Crippen LogP contribution < -0.4 is 10.6 Å². The van der Waals surface area contributed by atoms with Crippen LogP contribution in [0.1, 0.15) is 13.8 Å². The average molecular weight is 292 g/mol. The number of nitrogen functional groups attached to an aromatic ring is 1. The quantitative estimate of drug-likeness (QED) is 0.858. The highest BCUT2D eigenvalue weighted by Crippen LogP contribution is 2.14. The molecule has 0 fully saturated rings. The molecule has 4 nitrogen and oxygen atoms in total. The van der Waals surface area contributed by atoms with Gasteiger partial charge in [0.05, 0.1) is 3.57 Å². The molecule has 0 saturated heterocycles. The normalized spacial score (nSPS) is 10.1. The number of aromatic nitrogens is 2. The standard InChI is InChI=1S/C8H13IN4/c1-3-13(4-2)8-11-5-6(9)7(10)12-8/h5H,3-4H2,1-2H3,(H2,10,11,12). The number of nitrogens with two attached hydrogens (primary N) is 1. The molecule has 0 aliphatic carbocycles. The van der Waals surface area contributed by atoms with Gasteiger partial charge in [0.2, 0.25) is 5.95 Å². The lowest BCUT2D eigenvalue weighted by molar-refractivity contribution is 0.821. The molecule has 0 unspecified atom stereocenters. The van der Waals surface area contributed by atoms with E-state index in [-0.39, 0.29) is 0 Å². The summed E-state index contributed by atoms with van der Waals surface area (Å²) in [5.41, 5.74) is 5.68. The third-order valence-electron chi connectivity index (χ3n) is 1.80. The molecule has 0 radical (unpaired) electrons. The molecule has 0 bridgehead atoms. The molecule has 5 heteroatoms. The van der Waals surface area contributed by atoms with Gasteiger partial charge in [-0.3, -0.25) is 0 Å². The Morgan fingerprint density at radius 3 is 2.54 bits per heavy atom. The lowest BCUT2D eigenvalue weighted by Gasteiger charge is -2.18. The first kappa shape index (κ1) is 10.5. The predicted molar refractivity (Wildman–Crippen MR) is 62.7 cm³/mol. The second-order valence-electron chi connectivity index (χ2n) is 2.58. The van der Waals surface area contributed by atoms with Crippen molar-refractivity contribution in [1.29, 1.82) is 0 Å². The second kappa shape index (κ2) is 4.59. The van der Waals surface area contributed by atoms with E-state index in [4.69, 9.17) is 5.73 Å². The zero-order valence-corrected chi connectivity index (χ0v) is 9.95. The Hall–Kier alpha value is -0.590. The third kappa shape index (κ3) is 2.43. The number of nitrogens with zero attached hydrogens (tertiary/aromatic N) is 3. The van der Waals surface area contributed by atoms with Crippen molar-refractivity contribution in [2.75, 3.05) is 23.7 Å². The third-order valence-corrected chi connectivity index (χ3v) is 2.64. The molecule has 1 heterocycles. The molecule has 13 heavy (non-hydrogen) atoms. The van der Waals surface area contributed by atoms with Crippen LogP contribution in [0.15, 0.2) is 6.20 Å². The van der Waals surface area contributed by atoms with E-state index in [1.54, 1.807) is 6.20 Å². The Kier molecular flexibility index (Phi) is 3.71. The van der Waals surface area contributed by atoms with Crippen molar-refractivity contribution in [3.8, 4) is 0 Å². The highest BCUT2D eigenvalue weighted by atomic mass is 127. The van der Waals surface area contributed by atoms with Gasteiger partial charge >= 0.3 is 0 Å². The van der Waals surface area contributed by atoms with Crippen LogP contribution in [0.25, 0.3) is 0 Å². The Balaban J connectivity index is 2.95. The van der Waals surface area contributed by atoms with E-state index in [9.17, 15) is 0 Å². The molecule has 1 aromatic heterocycles. The van der Waals surface area contributed by atoms with E-state index in [0.29, 0.717) is 11.8 Å². The first-order valence-electron chi connectivity index (χ1n) is 4.22. The monoisotopic (exact) mass is 292 g/mol. The predicted octanol–water partition coefficient (Wildman–Crippen LogP) is 1.51. The second-order valence-corrected chi connectivity index (χ2v) is 3.74. The summed E-state index contributed by atoms with van der Waals surface area (Å²) in [5, 5.41) is 0. The Bertz CT molecular complexity index is 285.